The smallest absolute Gasteiger partial charge is 0.128 e. The third-order valence-corrected chi connectivity index (χ3v) is 2.73. The zero-order valence-electron chi connectivity index (χ0n) is 8.79. The second-order valence-corrected chi connectivity index (χ2v) is 3.97. The molecule has 1 aliphatic carbocycles. The van der Waals surface area contributed by atoms with Crippen LogP contribution in [-0.2, 0) is 0 Å². The summed E-state index contributed by atoms with van der Waals surface area (Å²) in [7, 11) is 0. The summed E-state index contributed by atoms with van der Waals surface area (Å²) >= 11 is 0. The minimum absolute atomic E-state index is 0.124. The molecule has 1 saturated carbocycles. The van der Waals surface area contributed by atoms with E-state index in [0.29, 0.717) is 23.1 Å². The lowest BCUT2D eigenvalue weighted by Crippen LogP contribution is -2.24. The largest absolute Gasteiger partial charge is 0.507 e. The van der Waals surface area contributed by atoms with Crippen LogP contribution in [0.3, 0.4) is 0 Å². The fourth-order valence-electron chi connectivity index (χ4n) is 1.58. The summed E-state index contributed by atoms with van der Waals surface area (Å²) in [5, 5.41) is 17.1. The Labute approximate surface area is 89.2 Å². The van der Waals surface area contributed by atoms with E-state index in [2.05, 4.69) is 0 Å². The Balaban J connectivity index is 2.13. The molecule has 0 saturated heterocycles. The minimum Gasteiger partial charge on any atom is -0.507 e. The van der Waals surface area contributed by atoms with Crippen LogP contribution < -0.4 is 4.74 Å². The maximum atomic E-state index is 9.64. The van der Waals surface area contributed by atoms with Crippen molar-refractivity contribution in [1.29, 1.82) is 5.41 Å². The number of phenolic OH excluding ortho intramolecular Hbond substituents is 1. The van der Waals surface area contributed by atoms with E-state index >= 15 is 0 Å². The second kappa shape index (κ2) is 3.93. The van der Waals surface area contributed by atoms with Crippen LogP contribution in [-0.4, -0.2) is 16.9 Å². The van der Waals surface area contributed by atoms with Gasteiger partial charge in [0.1, 0.15) is 11.5 Å². The van der Waals surface area contributed by atoms with E-state index < -0.39 is 0 Å². The Bertz CT molecular complexity index is 383. The van der Waals surface area contributed by atoms with Crippen molar-refractivity contribution in [3.8, 4) is 11.5 Å². The topological polar surface area (TPSA) is 53.3 Å². The van der Waals surface area contributed by atoms with Gasteiger partial charge < -0.3 is 15.3 Å². The second-order valence-electron chi connectivity index (χ2n) is 3.97. The molecule has 1 fully saturated rings. The third-order valence-electron chi connectivity index (χ3n) is 2.73. The Morgan fingerprint density at radius 2 is 2.20 bits per heavy atom. The Morgan fingerprint density at radius 1 is 1.47 bits per heavy atom. The Hall–Kier alpha value is -1.51. The molecule has 0 aromatic heterocycles. The minimum atomic E-state index is 0.124. The molecule has 0 amide bonds. The molecule has 80 valence electrons. The van der Waals surface area contributed by atoms with E-state index in [9.17, 15) is 5.11 Å². The van der Waals surface area contributed by atoms with Crippen molar-refractivity contribution in [2.24, 2.45) is 0 Å². The van der Waals surface area contributed by atoms with Crippen LogP contribution in [0.25, 0.3) is 0 Å². The van der Waals surface area contributed by atoms with Crippen LogP contribution in [0.15, 0.2) is 18.2 Å². The van der Waals surface area contributed by atoms with Gasteiger partial charge in [0.05, 0.1) is 6.10 Å². The fourth-order valence-corrected chi connectivity index (χ4v) is 1.58. The molecule has 15 heavy (non-hydrogen) atoms. The summed E-state index contributed by atoms with van der Waals surface area (Å²) in [6.45, 7) is 1.65. The Morgan fingerprint density at radius 3 is 2.67 bits per heavy atom. The van der Waals surface area contributed by atoms with Crippen LogP contribution in [0.1, 0.15) is 31.7 Å². The molecule has 1 aromatic carbocycles. The van der Waals surface area contributed by atoms with Gasteiger partial charge in [-0.3, -0.25) is 0 Å². The third kappa shape index (κ3) is 2.12. The van der Waals surface area contributed by atoms with Crippen molar-refractivity contribution in [3.63, 3.8) is 0 Å². The summed E-state index contributed by atoms with van der Waals surface area (Å²) < 4.78 is 5.64. The normalized spacial score (nSPS) is 15.8. The number of rotatable bonds is 3. The molecule has 0 radical (unpaired) electrons. The van der Waals surface area contributed by atoms with Gasteiger partial charge >= 0.3 is 0 Å². The molecule has 0 unspecified atom stereocenters. The molecule has 2 N–H and O–H groups in total. The molecule has 0 heterocycles. The van der Waals surface area contributed by atoms with Crippen LogP contribution in [0.2, 0.25) is 0 Å². The van der Waals surface area contributed by atoms with E-state index in [1.54, 1.807) is 19.1 Å². The number of phenols is 1. The number of aromatic hydroxyl groups is 1. The van der Waals surface area contributed by atoms with Crippen molar-refractivity contribution in [1.82, 2.24) is 0 Å². The van der Waals surface area contributed by atoms with Gasteiger partial charge in [0.25, 0.3) is 0 Å². The summed E-state index contributed by atoms with van der Waals surface area (Å²) in [5.41, 5.74) is 0.929. The van der Waals surface area contributed by atoms with Crippen LogP contribution in [0.5, 0.6) is 11.5 Å². The van der Waals surface area contributed by atoms with Crippen LogP contribution >= 0.6 is 0 Å². The number of nitrogens with one attached hydrogen (secondary N) is 1. The predicted molar refractivity (Wildman–Crippen MR) is 58.9 cm³/mol. The highest BCUT2D eigenvalue weighted by molar-refractivity contribution is 5.98. The summed E-state index contributed by atoms with van der Waals surface area (Å²) in [6.07, 6.45) is 3.75. The van der Waals surface area contributed by atoms with Crippen molar-refractivity contribution >= 4 is 5.71 Å². The zero-order chi connectivity index (χ0) is 10.8. The maximum absolute atomic E-state index is 9.64. The van der Waals surface area contributed by atoms with Gasteiger partial charge in [0.2, 0.25) is 0 Å². The van der Waals surface area contributed by atoms with Crippen molar-refractivity contribution in [3.05, 3.63) is 23.8 Å². The van der Waals surface area contributed by atoms with Gasteiger partial charge in [0, 0.05) is 17.3 Å². The standard InChI is InChI=1S/C12H15NO2/c1-8(13)11-6-5-10(7-12(11)14)15-9-3-2-4-9/h5-7,9,13-14H,2-4H2,1H3. The molecule has 3 heteroatoms. The van der Waals surface area contributed by atoms with Gasteiger partial charge in [-0.15, -0.1) is 0 Å². The molecule has 0 spiro atoms. The van der Waals surface area contributed by atoms with E-state index in [0.717, 1.165) is 12.8 Å². The first-order valence-electron chi connectivity index (χ1n) is 5.22. The van der Waals surface area contributed by atoms with Crippen LogP contribution in [0, 0.1) is 5.41 Å². The van der Waals surface area contributed by atoms with Gasteiger partial charge in [-0.05, 0) is 38.3 Å². The monoisotopic (exact) mass is 205 g/mol. The maximum Gasteiger partial charge on any atom is 0.128 e. The summed E-state index contributed by atoms with van der Waals surface area (Å²) in [4.78, 5) is 0. The number of ether oxygens (including phenoxy) is 1. The highest BCUT2D eigenvalue weighted by Gasteiger charge is 2.19. The van der Waals surface area contributed by atoms with E-state index in [1.807, 2.05) is 6.07 Å². The number of hydrogen-bond acceptors (Lipinski definition) is 3. The highest BCUT2D eigenvalue weighted by atomic mass is 16.5. The molecule has 0 aliphatic heterocycles. The first-order valence-corrected chi connectivity index (χ1v) is 5.22. The quantitative estimate of drug-likeness (QED) is 0.745. The van der Waals surface area contributed by atoms with Crippen molar-refractivity contribution in [2.45, 2.75) is 32.3 Å². The predicted octanol–water partition coefficient (Wildman–Crippen LogP) is 2.71. The first kappa shape index (κ1) is 10.0. The number of benzene rings is 1. The lowest BCUT2D eigenvalue weighted by atomic mass is 9.96. The summed E-state index contributed by atoms with van der Waals surface area (Å²) in [5.74, 6) is 0.821. The highest BCUT2D eigenvalue weighted by Crippen LogP contribution is 2.29. The van der Waals surface area contributed by atoms with Crippen LogP contribution in [0.4, 0.5) is 0 Å². The lowest BCUT2D eigenvalue weighted by molar-refractivity contribution is 0.120. The lowest BCUT2D eigenvalue weighted by Gasteiger charge is -2.26. The molecular weight excluding hydrogens is 190 g/mol. The molecule has 0 atom stereocenters. The molecule has 1 aliphatic rings. The van der Waals surface area contributed by atoms with Gasteiger partial charge in [-0.1, -0.05) is 0 Å². The SMILES string of the molecule is CC(=N)c1ccc(OC2CCC2)cc1O. The van der Waals surface area contributed by atoms with E-state index in [-0.39, 0.29) is 5.75 Å². The number of hydrogen-bond donors (Lipinski definition) is 2. The molecule has 1 aromatic rings. The molecule has 0 bridgehead atoms. The van der Waals surface area contributed by atoms with Crippen molar-refractivity contribution in [2.75, 3.05) is 0 Å². The molecule has 2 rings (SSSR count). The molecule has 3 nitrogen and oxygen atoms in total. The van der Waals surface area contributed by atoms with Crippen molar-refractivity contribution < 1.29 is 9.84 Å². The average Bonchev–Trinajstić information content (AvgIpc) is 2.11. The van der Waals surface area contributed by atoms with Gasteiger partial charge in [-0.25, -0.2) is 0 Å². The molecular formula is C12H15NO2. The average molecular weight is 205 g/mol. The van der Waals surface area contributed by atoms with Gasteiger partial charge in [0.15, 0.2) is 0 Å². The first-order chi connectivity index (χ1) is 7.16. The summed E-state index contributed by atoms with van der Waals surface area (Å²) in [6, 6.07) is 5.13. The Kier molecular flexibility index (Phi) is 2.62. The zero-order valence-corrected chi connectivity index (χ0v) is 8.79. The fraction of sp³-hybridized carbons (Fsp3) is 0.417. The van der Waals surface area contributed by atoms with Gasteiger partial charge in [-0.2, -0.15) is 0 Å². The van der Waals surface area contributed by atoms with E-state index in [1.165, 1.54) is 6.42 Å². The van der Waals surface area contributed by atoms with E-state index in [4.69, 9.17) is 10.1 Å².